The fourth-order valence-electron chi connectivity index (χ4n) is 2.20. The maximum atomic E-state index is 6.09. The Labute approximate surface area is 78.9 Å². The molecule has 2 bridgehead atoms. The molecule has 0 spiro atoms. The SMILES string of the molecule is CC1(N)CC2CCC(C1)S2.Cl. The van der Waals surface area contributed by atoms with Gasteiger partial charge in [-0.25, -0.2) is 0 Å². The van der Waals surface area contributed by atoms with Gasteiger partial charge in [0.15, 0.2) is 0 Å². The summed E-state index contributed by atoms with van der Waals surface area (Å²) in [6.45, 7) is 2.21. The van der Waals surface area contributed by atoms with Crippen molar-refractivity contribution in [2.45, 2.75) is 48.6 Å². The summed E-state index contributed by atoms with van der Waals surface area (Å²) < 4.78 is 0. The zero-order valence-electron chi connectivity index (χ0n) is 6.88. The van der Waals surface area contributed by atoms with E-state index in [2.05, 4.69) is 18.7 Å². The molecule has 0 aromatic rings. The lowest BCUT2D eigenvalue weighted by Crippen LogP contribution is -2.42. The van der Waals surface area contributed by atoms with Crippen molar-refractivity contribution in [3.8, 4) is 0 Å². The van der Waals surface area contributed by atoms with E-state index in [1.165, 1.54) is 25.7 Å². The van der Waals surface area contributed by atoms with Gasteiger partial charge in [0.25, 0.3) is 0 Å². The molecule has 2 saturated heterocycles. The Kier molecular flexibility index (Phi) is 2.78. The zero-order chi connectivity index (χ0) is 7.19. The van der Waals surface area contributed by atoms with Gasteiger partial charge in [0, 0.05) is 16.0 Å². The van der Waals surface area contributed by atoms with E-state index < -0.39 is 0 Å². The summed E-state index contributed by atoms with van der Waals surface area (Å²) in [7, 11) is 0. The van der Waals surface area contributed by atoms with Crippen LogP contribution >= 0.6 is 24.2 Å². The summed E-state index contributed by atoms with van der Waals surface area (Å²) >= 11 is 2.17. The third-order valence-corrected chi connectivity index (χ3v) is 4.16. The van der Waals surface area contributed by atoms with Crippen molar-refractivity contribution in [1.29, 1.82) is 0 Å². The van der Waals surface area contributed by atoms with Gasteiger partial charge in [0.2, 0.25) is 0 Å². The van der Waals surface area contributed by atoms with Gasteiger partial charge in [-0.2, -0.15) is 11.8 Å². The van der Waals surface area contributed by atoms with Crippen LogP contribution in [0.4, 0.5) is 0 Å². The van der Waals surface area contributed by atoms with E-state index in [4.69, 9.17) is 5.73 Å². The van der Waals surface area contributed by atoms with Crippen LogP contribution in [0.5, 0.6) is 0 Å². The molecule has 2 fully saturated rings. The molecule has 11 heavy (non-hydrogen) atoms. The van der Waals surface area contributed by atoms with E-state index in [9.17, 15) is 0 Å². The van der Waals surface area contributed by atoms with Gasteiger partial charge in [-0.1, -0.05) is 0 Å². The Morgan fingerprint density at radius 2 is 1.73 bits per heavy atom. The first kappa shape index (κ1) is 9.69. The Balaban J connectivity index is 0.000000605. The van der Waals surface area contributed by atoms with Crippen molar-refractivity contribution in [2.75, 3.05) is 0 Å². The normalized spacial score (nSPS) is 48.5. The second-order valence-electron chi connectivity index (χ2n) is 4.02. The molecule has 2 unspecified atom stereocenters. The lowest BCUT2D eigenvalue weighted by molar-refractivity contribution is 0.404. The van der Waals surface area contributed by atoms with Crippen LogP contribution in [0.25, 0.3) is 0 Å². The number of halogens is 1. The van der Waals surface area contributed by atoms with E-state index in [0.29, 0.717) is 0 Å². The second-order valence-corrected chi connectivity index (χ2v) is 5.63. The van der Waals surface area contributed by atoms with Gasteiger partial charge in [0.05, 0.1) is 0 Å². The van der Waals surface area contributed by atoms with Gasteiger partial charge in [-0.15, -0.1) is 12.4 Å². The molecule has 0 aromatic carbocycles. The predicted octanol–water partition coefficient (Wildman–Crippen LogP) is 2.18. The highest BCUT2D eigenvalue weighted by atomic mass is 35.5. The quantitative estimate of drug-likeness (QED) is 0.639. The fourth-order valence-corrected chi connectivity index (χ4v) is 4.25. The molecule has 2 rings (SSSR count). The van der Waals surface area contributed by atoms with Crippen LogP contribution in [0.15, 0.2) is 0 Å². The van der Waals surface area contributed by atoms with Crippen molar-refractivity contribution in [2.24, 2.45) is 5.73 Å². The second kappa shape index (κ2) is 3.15. The summed E-state index contributed by atoms with van der Waals surface area (Å²) in [5, 5.41) is 1.79. The van der Waals surface area contributed by atoms with Crippen LogP contribution in [0.2, 0.25) is 0 Å². The van der Waals surface area contributed by atoms with Gasteiger partial charge in [-0.05, 0) is 32.6 Å². The van der Waals surface area contributed by atoms with Crippen molar-refractivity contribution < 1.29 is 0 Å². The highest BCUT2D eigenvalue weighted by Crippen LogP contribution is 2.46. The molecule has 2 aliphatic rings. The predicted molar refractivity (Wildman–Crippen MR) is 53.5 cm³/mol. The van der Waals surface area contributed by atoms with Gasteiger partial charge >= 0.3 is 0 Å². The molecule has 2 atom stereocenters. The minimum absolute atomic E-state index is 0. The minimum atomic E-state index is 0. The van der Waals surface area contributed by atoms with E-state index in [0.717, 1.165) is 10.5 Å². The summed E-state index contributed by atoms with van der Waals surface area (Å²) in [5.74, 6) is 0. The Hall–Kier alpha value is 0.600. The number of rotatable bonds is 0. The molecule has 1 nitrogen and oxygen atoms in total. The lowest BCUT2D eigenvalue weighted by atomic mass is 9.93. The fraction of sp³-hybridized carbons (Fsp3) is 1.00. The molecule has 0 radical (unpaired) electrons. The highest BCUT2D eigenvalue weighted by molar-refractivity contribution is 8.00. The molecule has 0 aliphatic carbocycles. The first-order valence-electron chi connectivity index (χ1n) is 4.10. The average molecular weight is 194 g/mol. The van der Waals surface area contributed by atoms with E-state index >= 15 is 0 Å². The Bertz CT molecular complexity index is 135. The molecule has 2 heterocycles. The van der Waals surface area contributed by atoms with Gasteiger partial charge in [0.1, 0.15) is 0 Å². The van der Waals surface area contributed by atoms with Gasteiger partial charge < -0.3 is 5.73 Å². The maximum Gasteiger partial charge on any atom is 0.0146 e. The summed E-state index contributed by atoms with van der Waals surface area (Å²) in [4.78, 5) is 0. The zero-order valence-corrected chi connectivity index (χ0v) is 8.51. The molecule has 2 aliphatic heterocycles. The number of hydrogen-bond donors (Lipinski definition) is 1. The van der Waals surface area contributed by atoms with Crippen LogP contribution in [0.1, 0.15) is 32.6 Å². The minimum Gasteiger partial charge on any atom is -0.325 e. The van der Waals surface area contributed by atoms with E-state index in [1.54, 1.807) is 0 Å². The molecule has 2 N–H and O–H groups in total. The van der Waals surface area contributed by atoms with Gasteiger partial charge in [-0.3, -0.25) is 0 Å². The Morgan fingerprint density at radius 3 is 2.18 bits per heavy atom. The molecule has 66 valence electrons. The van der Waals surface area contributed by atoms with Crippen LogP contribution in [-0.4, -0.2) is 16.0 Å². The van der Waals surface area contributed by atoms with Crippen molar-refractivity contribution in [1.82, 2.24) is 0 Å². The van der Waals surface area contributed by atoms with E-state index in [-0.39, 0.29) is 17.9 Å². The maximum absolute atomic E-state index is 6.09. The first-order valence-corrected chi connectivity index (χ1v) is 5.04. The molecule has 3 heteroatoms. The number of nitrogens with two attached hydrogens (primary N) is 1. The highest BCUT2D eigenvalue weighted by Gasteiger charge is 2.38. The van der Waals surface area contributed by atoms with Crippen LogP contribution in [0.3, 0.4) is 0 Å². The summed E-state index contributed by atoms with van der Waals surface area (Å²) in [6.07, 6.45) is 5.33. The third kappa shape index (κ3) is 2.04. The largest absolute Gasteiger partial charge is 0.325 e. The summed E-state index contributed by atoms with van der Waals surface area (Å²) in [5.41, 5.74) is 6.25. The van der Waals surface area contributed by atoms with E-state index in [1.807, 2.05) is 0 Å². The van der Waals surface area contributed by atoms with Crippen LogP contribution in [0, 0.1) is 0 Å². The molecule has 0 amide bonds. The summed E-state index contributed by atoms with van der Waals surface area (Å²) in [6, 6.07) is 0. The van der Waals surface area contributed by atoms with Crippen LogP contribution < -0.4 is 5.73 Å². The number of thioether (sulfide) groups is 1. The number of fused-ring (bicyclic) bond motifs is 2. The lowest BCUT2D eigenvalue weighted by Gasteiger charge is -2.33. The third-order valence-electron chi connectivity index (χ3n) is 2.58. The van der Waals surface area contributed by atoms with Crippen molar-refractivity contribution in [3.63, 3.8) is 0 Å². The topological polar surface area (TPSA) is 26.0 Å². The smallest absolute Gasteiger partial charge is 0.0146 e. The first-order chi connectivity index (χ1) is 4.66. The standard InChI is InChI=1S/C8H15NS.ClH/c1-8(9)4-6-2-3-7(5-8)10-6;/h6-7H,2-5,9H2,1H3;1H. The molecular weight excluding hydrogens is 178 g/mol. The van der Waals surface area contributed by atoms with Crippen LogP contribution in [-0.2, 0) is 0 Å². The number of hydrogen-bond acceptors (Lipinski definition) is 2. The average Bonchev–Trinajstić information content (AvgIpc) is 2.08. The monoisotopic (exact) mass is 193 g/mol. The molecule has 0 saturated carbocycles. The molecular formula is C8H16ClNS. The van der Waals surface area contributed by atoms with Crippen molar-refractivity contribution in [3.05, 3.63) is 0 Å². The molecule has 0 aromatic heterocycles. The van der Waals surface area contributed by atoms with Crippen molar-refractivity contribution >= 4 is 24.2 Å². The Morgan fingerprint density at radius 1 is 1.27 bits per heavy atom.